The van der Waals surface area contributed by atoms with Gasteiger partial charge in [-0.25, -0.2) is 15.0 Å². The molecule has 4 N–H and O–H groups in total. The summed E-state index contributed by atoms with van der Waals surface area (Å²) < 4.78 is 11.5. The molecule has 138 valence electrons. The SMILES string of the molecule is Nc1ncc(-c2cc(Oc3ccccc3N)cc(N3CCOCC3)n2)cn1. The summed E-state index contributed by atoms with van der Waals surface area (Å²) in [7, 11) is 0. The van der Waals surface area contributed by atoms with Crippen molar-refractivity contribution >= 4 is 17.5 Å². The molecule has 0 amide bonds. The first kappa shape index (κ1) is 17.0. The number of nitrogens with two attached hydrogens (primary N) is 2. The molecule has 1 aliphatic rings. The standard InChI is InChI=1S/C19H20N6O2/c20-15-3-1-2-4-17(15)27-14-9-16(13-11-22-19(21)23-12-13)24-18(10-14)25-5-7-26-8-6-25/h1-4,9-12H,5-8,20H2,(H2,21,22,23). The number of anilines is 3. The Morgan fingerprint density at radius 3 is 2.48 bits per heavy atom. The van der Waals surface area contributed by atoms with Crippen molar-refractivity contribution in [3.63, 3.8) is 0 Å². The van der Waals surface area contributed by atoms with Crippen LogP contribution >= 0.6 is 0 Å². The maximum Gasteiger partial charge on any atom is 0.219 e. The number of pyridine rings is 1. The molecule has 1 aromatic carbocycles. The average Bonchev–Trinajstić information content (AvgIpc) is 2.71. The van der Waals surface area contributed by atoms with E-state index in [4.69, 9.17) is 25.9 Å². The highest BCUT2D eigenvalue weighted by Crippen LogP contribution is 2.32. The first-order chi connectivity index (χ1) is 13.2. The van der Waals surface area contributed by atoms with Gasteiger partial charge in [-0.2, -0.15) is 0 Å². The summed E-state index contributed by atoms with van der Waals surface area (Å²) >= 11 is 0. The Morgan fingerprint density at radius 1 is 1.00 bits per heavy atom. The molecule has 0 atom stereocenters. The van der Waals surface area contributed by atoms with Crippen molar-refractivity contribution in [2.75, 3.05) is 42.7 Å². The van der Waals surface area contributed by atoms with Gasteiger partial charge >= 0.3 is 0 Å². The predicted molar refractivity (Wildman–Crippen MR) is 104 cm³/mol. The molecule has 1 saturated heterocycles. The minimum atomic E-state index is 0.219. The van der Waals surface area contributed by atoms with E-state index in [9.17, 15) is 0 Å². The van der Waals surface area contributed by atoms with Crippen LogP contribution in [0.15, 0.2) is 48.8 Å². The maximum atomic E-state index is 6.04. The van der Waals surface area contributed by atoms with Gasteiger partial charge in [-0.1, -0.05) is 12.1 Å². The first-order valence-corrected chi connectivity index (χ1v) is 8.64. The van der Waals surface area contributed by atoms with Gasteiger partial charge in [0.15, 0.2) is 0 Å². The molecule has 2 aromatic heterocycles. The van der Waals surface area contributed by atoms with Crippen molar-refractivity contribution in [2.45, 2.75) is 0 Å². The van der Waals surface area contributed by atoms with Crippen LogP contribution in [0.2, 0.25) is 0 Å². The van der Waals surface area contributed by atoms with Crippen LogP contribution in [-0.4, -0.2) is 41.3 Å². The third-order valence-corrected chi connectivity index (χ3v) is 4.23. The number of nitrogen functional groups attached to an aromatic ring is 2. The Balaban J connectivity index is 1.73. The van der Waals surface area contributed by atoms with Crippen molar-refractivity contribution in [3.05, 3.63) is 48.8 Å². The molecule has 0 unspecified atom stereocenters. The normalized spacial score (nSPS) is 14.1. The molecular formula is C19H20N6O2. The van der Waals surface area contributed by atoms with E-state index in [0.717, 1.165) is 24.5 Å². The Morgan fingerprint density at radius 2 is 1.74 bits per heavy atom. The first-order valence-electron chi connectivity index (χ1n) is 8.64. The van der Waals surface area contributed by atoms with Gasteiger partial charge in [0.2, 0.25) is 5.95 Å². The molecule has 0 radical (unpaired) electrons. The fourth-order valence-electron chi connectivity index (χ4n) is 2.82. The van der Waals surface area contributed by atoms with E-state index in [2.05, 4.69) is 14.9 Å². The van der Waals surface area contributed by atoms with Gasteiger partial charge < -0.3 is 25.8 Å². The average molecular weight is 364 g/mol. The smallest absolute Gasteiger partial charge is 0.219 e. The molecule has 27 heavy (non-hydrogen) atoms. The molecule has 1 aliphatic heterocycles. The zero-order chi connectivity index (χ0) is 18.6. The van der Waals surface area contributed by atoms with E-state index in [0.29, 0.717) is 36.1 Å². The van der Waals surface area contributed by atoms with Gasteiger partial charge in [0, 0.05) is 43.2 Å². The van der Waals surface area contributed by atoms with Gasteiger partial charge in [0.1, 0.15) is 17.3 Å². The minimum absolute atomic E-state index is 0.219. The highest BCUT2D eigenvalue weighted by Gasteiger charge is 2.16. The predicted octanol–water partition coefficient (Wildman–Crippen LogP) is 2.33. The van der Waals surface area contributed by atoms with Crippen molar-refractivity contribution < 1.29 is 9.47 Å². The van der Waals surface area contributed by atoms with Crippen LogP contribution in [-0.2, 0) is 4.74 Å². The zero-order valence-electron chi connectivity index (χ0n) is 14.7. The number of rotatable bonds is 4. The number of morpholine rings is 1. The number of aromatic nitrogens is 3. The highest BCUT2D eigenvalue weighted by atomic mass is 16.5. The second-order valence-corrected chi connectivity index (χ2v) is 6.12. The number of hydrogen-bond acceptors (Lipinski definition) is 8. The number of hydrogen-bond donors (Lipinski definition) is 2. The minimum Gasteiger partial charge on any atom is -0.455 e. The van der Waals surface area contributed by atoms with E-state index in [1.165, 1.54) is 0 Å². The lowest BCUT2D eigenvalue weighted by atomic mass is 10.2. The molecule has 0 spiro atoms. The largest absolute Gasteiger partial charge is 0.455 e. The molecule has 0 saturated carbocycles. The van der Waals surface area contributed by atoms with Crippen LogP contribution in [0.3, 0.4) is 0 Å². The molecule has 0 aliphatic carbocycles. The molecule has 8 heteroatoms. The van der Waals surface area contributed by atoms with Crippen molar-refractivity contribution in [3.8, 4) is 22.8 Å². The molecule has 4 rings (SSSR count). The molecule has 0 bridgehead atoms. The summed E-state index contributed by atoms with van der Waals surface area (Å²) in [5.41, 5.74) is 13.6. The Bertz CT molecular complexity index is 926. The second-order valence-electron chi connectivity index (χ2n) is 6.12. The van der Waals surface area contributed by atoms with Crippen LogP contribution in [0.5, 0.6) is 11.5 Å². The quantitative estimate of drug-likeness (QED) is 0.678. The number of nitrogens with zero attached hydrogens (tertiary/aromatic N) is 4. The molecule has 3 aromatic rings. The van der Waals surface area contributed by atoms with Gasteiger partial charge in [-0.3, -0.25) is 0 Å². The Labute approximate surface area is 156 Å². The monoisotopic (exact) mass is 364 g/mol. The molecule has 1 fully saturated rings. The third kappa shape index (κ3) is 3.90. The fraction of sp³-hybridized carbons (Fsp3) is 0.211. The van der Waals surface area contributed by atoms with Gasteiger partial charge in [-0.05, 0) is 12.1 Å². The highest BCUT2D eigenvalue weighted by molar-refractivity contribution is 5.64. The van der Waals surface area contributed by atoms with E-state index in [1.807, 2.05) is 30.3 Å². The lowest BCUT2D eigenvalue weighted by Gasteiger charge is -2.28. The van der Waals surface area contributed by atoms with Crippen LogP contribution < -0.4 is 21.1 Å². The summed E-state index contributed by atoms with van der Waals surface area (Å²) in [6.45, 7) is 2.86. The summed E-state index contributed by atoms with van der Waals surface area (Å²) in [5, 5.41) is 0. The Hall–Kier alpha value is -3.39. The van der Waals surface area contributed by atoms with E-state index < -0.39 is 0 Å². The Kier molecular flexibility index (Phi) is 4.71. The van der Waals surface area contributed by atoms with Crippen LogP contribution in [0, 0.1) is 0 Å². The van der Waals surface area contributed by atoms with Crippen LogP contribution in [0.4, 0.5) is 17.5 Å². The van der Waals surface area contributed by atoms with Crippen molar-refractivity contribution in [1.82, 2.24) is 15.0 Å². The topological polar surface area (TPSA) is 112 Å². The zero-order valence-corrected chi connectivity index (χ0v) is 14.7. The maximum absolute atomic E-state index is 6.04. The van der Waals surface area contributed by atoms with Gasteiger partial charge in [0.05, 0.1) is 24.6 Å². The summed E-state index contributed by atoms with van der Waals surface area (Å²) in [6, 6.07) is 11.1. The van der Waals surface area contributed by atoms with Crippen LogP contribution in [0.25, 0.3) is 11.3 Å². The van der Waals surface area contributed by atoms with Crippen molar-refractivity contribution in [2.24, 2.45) is 0 Å². The van der Waals surface area contributed by atoms with Gasteiger partial charge in [0.25, 0.3) is 0 Å². The number of ether oxygens (including phenoxy) is 2. The van der Waals surface area contributed by atoms with E-state index in [-0.39, 0.29) is 5.95 Å². The third-order valence-electron chi connectivity index (χ3n) is 4.23. The lowest BCUT2D eigenvalue weighted by molar-refractivity contribution is 0.122. The fourth-order valence-corrected chi connectivity index (χ4v) is 2.82. The van der Waals surface area contributed by atoms with E-state index >= 15 is 0 Å². The van der Waals surface area contributed by atoms with Crippen molar-refractivity contribution in [1.29, 1.82) is 0 Å². The lowest BCUT2D eigenvalue weighted by Crippen LogP contribution is -2.36. The number of para-hydroxylation sites is 2. The molecule has 8 nitrogen and oxygen atoms in total. The number of benzene rings is 1. The van der Waals surface area contributed by atoms with Gasteiger partial charge in [-0.15, -0.1) is 0 Å². The van der Waals surface area contributed by atoms with Crippen LogP contribution in [0.1, 0.15) is 0 Å². The second kappa shape index (κ2) is 7.46. The van der Waals surface area contributed by atoms with E-state index in [1.54, 1.807) is 18.5 Å². The molecular weight excluding hydrogens is 344 g/mol. The summed E-state index contributed by atoms with van der Waals surface area (Å²) in [4.78, 5) is 15.0. The molecule has 3 heterocycles. The summed E-state index contributed by atoms with van der Waals surface area (Å²) in [6.07, 6.45) is 3.29. The summed E-state index contributed by atoms with van der Waals surface area (Å²) in [5.74, 6) is 2.25.